The SMILES string of the molecule is CN=C(NCc1ccc(C(F)(F)F)cc1)NCC1(OC)CCOCC1. The Balaban J connectivity index is 1.86. The van der Waals surface area contributed by atoms with E-state index in [-0.39, 0.29) is 5.60 Å². The minimum atomic E-state index is -4.32. The molecule has 0 bridgehead atoms. The van der Waals surface area contributed by atoms with E-state index in [2.05, 4.69) is 15.6 Å². The van der Waals surface area contributed by atoms with Gasteiger partial charge in [0.05, 0.1) is 11.2 Å². The predicted octanol–water partition coefficient (Wildman–Crippen LogP) is 2.57. The van der Waals surface area contributed by atoms with Crippen LogP contribution in [0, 0.1) is 0 Å². The second-order valence-electron chi connectivity index (χ2n) is 5.97. The molecule has 8 heteroatoms. The van der Waals surface area contributed by atoms with Gasteiger partial charge >= 0.3 is 6.18 Å². The number of hydrogen-bond donors (Lipinski definition) is 2. The van der Waals surface area contributed by atoms with Crippen molar-refractivity contribution in [1.29, 1.82) is 0 Å². The topological polar surface area (TPSA) is 54.9 Å². The number of ether oxygens (including phenoxy) is 2. The monoisotopic (exact) mass is 359 g/mol. The molecular formula is C17H24F3N3O2. The highest BCUT2D eigenvalue weighted by Gasteiger charge is 2.32. The third kappa shape index (κ3) is 5.61. The molecule has 2 rings (SSSR count). The van der Waals surface area contributed by atoms with Crippen molar-refractivity contribution in [2.24, 2.45) is 4.99 Å². The second-order valence-corrected chi connectivity index (χ2v) is 5.97. The van der Waals surface area contributed by atoms with E-state index in [0.29, 0.717) is 32.3 Å². The number of nitrogens with one attached hydrogen (secondary N) is 2. The third-order valence-corrected chi connectivity index (χ3v) is 4.38. The van der Waals surface area contributed by atoms with E-state index in [4.69, 9.17) is 9.47 Å². The van der Waals surface area contributed by atoms with Crippen molar-refractivity contribution in [3.05, 3.63) is 35.4 Å². The quantitative estimate of drug-likeness (QED) is 0.627. The summed E-state index contributed by atoms with van der Waals surface area (Å²) in [5, 5.41) is 6.31. The number of benzene rings is 1. The van der Waals surface area contributed by atoms with Gasteiger partial charge in [-0.25, -0.2) is 0 Å². The zero-order chi connectivity index (χ0) is 18.3. The largest absolute Gasteiger partial charge is 0.416 e. The number of rotatable bonds is 5. The Morgan fingerprint density at radius 3 is 2.36 bits per heavy atom. The average Bonchev–Trinajstić information content (AvgIpc) is 2.62. The van der Waals surface area contributed by atoms with Crippen molar-refractivity contribution in [3.8, 4) is 0 Å². The molecule has 0 radical (unpaired) electrons. The van der Waals surface area contributed by atoms with Crippen molar-refractivity contribution < 1.29 is 22.6 Å². The lowest BCUT2D eigenvalue weighted by Gasteiger charge is -2.36. The van der Waals surface area contributed by atoms with Gasteiger partial charge in [-0.2, -0.15) is 13.2 Å². The summed E-state index contributed by atoms with van der Waals surface area (Å²) in [6, 6.07) is 5.07. The van der Waals surface area contributed by atoms with Crippen LogP contribution in [0.2, 0.25) is 0 Å². The van der Waals surface area contributed by atoms with Gasteiger partial charge in [-0.1, -0.05) is 12.1 Å². The lowest BCUT2D eigenvalue weighted by molar-refractivity contribution is -0.137. The molecule has 1 aliphatic rings. The fourth-order valence-corrected chi connectivity index (χ4v) is 2.66. The van der Waals surface area contributed by atoms with Crippen LogP contribution in [0.5, 0.6) is 0 Å². The predicted molar refractivity (Wildman–Crippen MR) is 89.4 cm³/mol. The molecule has 0 saturated carbocycles. The molecule has 1 fully saturated rings. The highest BCUT2D eigenvalue weighted by Crippen LogP contribution is 2.29. The molecule has 0 aromatic heterocycles. The van der Waals surface area contributed by atoms with E-state index in [9.17, 15) is 13.2 Å². The summed E-state index contributed by atoms with van der Waals surface area (Å²) in [5.74, 6) is 0.572. The Labute approximate surface area is 145 Å². The number of methoxy groups -OCH3 is 1. The summed E-state index contributed by atoms with van der Waals surface area (Å²) in [6.45, 7) is 2.28. The van der Waals surface area contributed by atoms with Gasteiger partial charge in [0.15, 0.2) is 5.96 Å². The number of hydrogen-bond acceptors (Lipinski definition) is 3. The number of guanidine groups is 1. The maximum absolute atomic E-state index is 12.6. The zero-order valence-electron chi connectivity index (χ0n) is 14.4. The second kappa shape index (κ2) is 8.53. The van der Waals surface area contributed by atoms with Gasteiger partial charge in [0.25, 0.3) is 0 Å². The first kappa shape index (κ1) is 19.5. The normalized spacial score (nSPS) is 18.0. The molecule has 1 heterocycles. The summed E-state index contributed by atoms with van der Waals surface area (Å²) in [5.41, 5.74) is -0.201. The highest BCUT2D eigenvalue weighted by molar-refractivity contribution is 5.79. The molecule has 1 aromatic carbocycles. The van der Waals surface area contributed by atoms with Crippen LogP contribution in [0.1, 0.15) is 24.0 Å². The molecular weight excluding hydrogens is 335 g/mol. The highest BCUT2D eigenvalue weighted by atomic mass is 19.4. The summed E-state index contributed by atoms with van der Waals surface area (Å²) in [7, 11) is 3.33. The van der Waals surface area contributed by atoms with E-state index in [1.54, 1.807) is 14.2 Å². The maximum Gasteiger partial charge on any atom is 0.416 e. The van der Waals surface area contributed by atoms with E-state index in [0.717, 1.165) is 30.5 Å². The summed E-state index contributed by atoms with van der Waals surface area (Å²) in [4.78, 5) is 4.14. The molecule has 25 heavy (non-hydrogen) atoms. The summed E-state index contributed by atoms with van der Waals surface area (Å²) in [6.07, 6.45) is -2.72. The molecule has 0 spiro atoms. The van der Waals surface area contributed by atoms with Gasteiger partial charge in [-0.15, -0.1) is 0 Å². The van der Waals surface area contributed by atoms with Crippen LogP contribution in [-0.4, -0.2) is 45.5 Å². The smallest absolute Gasteiger partial charge is 0.381 e. The molecule has 1 aliphatic heterocycles. The number of nitrogens with zero attached hydrogens (tertiary/aromatic N) is 1. The molecule has 1 saturated heterocycles. The van der Waals surface area contributed by atoms with Crippen LogP contribution in [0.4, 0.5) is 13.2 Å². The van der Waals surface area contributed by atoms with Crippen molar-refractivity contribution in [1.82, 2.24) is 10.6 Å². The van der Waals surface area contributed by atoms with Crippen molar-refractivity contribution >= 4 is 5.96 Å². The third-order valence-electron chi connectivity index (χ3n) is 4.38. The van der Waals surface area contributed by atoms with Gasteiger partial charge in [0.1, 0.15) is 0 Å². The van der Waals surface area contributed by atoms with Crippen LogP contribution >= 0.6 is 0 Å². The van der Waals surface area contributed by atoms with Crippen LogP contribution < -0.4 is 10.6 Å². The molecule has 0 aliphatic carbocycles. The summed E-state index contributed by atoms with van der Waals surface area (Å²) < 4.78 is 48.7. The van der Waals surface area contributed by atoms with Crippen molar-refractivity contribution in [2.45, 2.75) is 31.2 Å². The van der Waals surface area contributed by atoms with Gasteiger partial charge in [0.2, 0.25) is 0 Å². The molecule has 140 valence electrons. The Morgan fingerprint density at radius 2 is 1.84 bits per heavy atom. The number of halogens is 3. The minimum absolute atomic E-state index is 0.287. The lowest BCUT2D eigenvalue weighted by Crippen LogP contribution is -2.50. The molecule has 2 N–H and O–H groups in total. The molecule has 1 aromatic rings. The molecule has 0 amide bonds. The van der Waals surface area contributed by atoms with Crippen LogP contribution in [0.3, 0.4) is 0 Å². The average molecular weight is 359 g/mol. The molecule has 0 atom stereocenters. The number of alkyl halides is 3. The van der Waals surface area contributed by atoms with E-state index >= 15 is 0 Å². The standard InChI is InChI=1S/C17H24F3N3O2/c1-21-15(23-12-16(24-2)7-9-25-10-8-16)22-11-13-3-5-14(6-4-13)17(18,19)20/h3-6H,7-12H2,1-2H3,(H2,21,22,23). The first-order chi connectivity index (χ1) is 11.9. The number of aliphatic imine (C=N–C) groups is 1. The van der Waals surface area contributed by atoms with Crippen molar-refractivity contribution in [3.63, 3.8) is 0 Å². The van der Waals surface area contributed by atoms with E-state index < -0.39 is 11.7 Å². The minimum Gasteiger partial charge on any atom is -0.381 e. The fourth-order valence-electron chi connectivity index (χ4n) is 2.66. The Kier molecular flexibility index (Phi) is 6.66. The Bertz CT molecular complexity index is 567. The van der Waals surface area contributed by atoms with E-state index in [1.165, 1.54) is 12.1 Å². The first-order valence-corrected chi connectivity index (χ1v) is 8.12. The fraction of sp³-hybridized carbons (Fsp3) is 0.588. The molecule has 5 nitrogen and oxygen atoms in total. The summed E-state index contributed by atoms with van der Waals surface area (Å²) >= 11 is 0. The van der Waals surface area contributed by atoms with Gasteiger partial charge in [-0.05, 0) is 17.7 Å². The lowest BCUT2D eigenvalue weighted by atomic mass is 9.94. The maximum atomic E-state index is 12.6. The van der Waals surface area contributed by atoms with Crippen molar-refractivity contribution in [2.75, 3.05) is 33.9 Å². The Hall–Kier alpha value is -1.80. The molecule has 0 unspecified atom stereocenters. The van der Waals surface area contributed by atoms with Crippen LogP contribution in [0.25, 0.3) is 0 Å². The van der Waals surface area contributed by atoms with Crippen LogP contribution in [0.15, 0.2) is 29.3 Å². The van der Waals surface area contributed by atoms with Crippen LogP contribution in [-0.2, 0) is 22.2 Å². The zero-order valence-corrected chi connectivity index (χ0v) is 14.4. The first-order valence-electron chi connectivity index (χ1n) is 8.12. The van der Waals surface area contributed by atoms with Gasteiger partial charge < -0.3 is 20.1 Å². The van der Waals surface area contributed by atoms with Gasteiger partial charge in [0, 0.05) is 53.3 Å². The Morgan fingerprint density at radius 1 is 1.20 bits per heavy atom. The van der Waals surface area contributed by atoms with Gasteiger partial charge in [-0.3, -0.25) is 4.99 Å². The van der Waals surface area contributed by atoms with E-state index in [1.807, 2.05) is 0 Å².